The van der Waals surface area contributed by atoms with Crippen molar-refractivity contribution in [1.82, 2.24) is 0 Å². The van der Waals surface area contributed by atoms with E-state index in [1.54, 1.807) is 0 Å². The zero-order valence-corrected chi connectivity index (χ0v) is 12.6. The van der Waals surface area contributed by atoms with E-state index in [9.17, 15) is 0 Å². The molecular formula is C14H10Cl4. The second-order valence-electron chi connectivity index (χ2n) is 4.09. The molecule has 0 saturated carbocycles. The second-order valence-corrected chi connectivity index (χ2v) is 5.69. The Morgan fingerprint density at radius 2 is 1.50 bits per heavy atom. The number of benzene rings is 2. The van der Waals surface area contributed by atoms with Crippen LogP contribution in [0.15, 0.2) is 30.3 Å². The van der Waals surface area contributed by atoms with E-state index < -0.39 is 0 Å². The molecule has 94 valence electrons. The van der Waals surface area contributed by atoms with Crippen molar-refractivity contribution in [2.75, 3.05) is 0 Å². The molecule has 0 saturated heterocycles. The Kier molecular flexibility index (Phi) is 4.45. The Bertz CT molecular complexity index is 547. The third-order valence-corrected chi connectivity index (χ3v) is 4.32. The summed E-state index contributed by atoms with van der Waals surface area (Å²) in [5.41, 5.74) is 2.89. The van der Waals surface area contributed by atoms with Gasteiger partial charge in [-0.3, -0.25) is 0 Å². The van der Waals surface area contributed by atoms with Crippen LogP contribution in [0.25, 0.3) is 0 Å². The van der Waals surface area contributed by atoms with Crippen molar-refractivity contribution in [2.24, 2.45) is 0 Å². The van der Waals surface area contributed by atoms with Crippen molar-refractivity contribution >= 4 is 46.4 Å². The van der Waals surface area contributed by atoms with E-state index in [1.807, 2.05) is 37.3 Å². The standard InChI is InChI=1S/C14H10Cl4/c1-8-5-9(7-13(17)14(8)18)6-10-11(15)3-2-4-12(10)16/h2-5,7H,6H2,1H3. The summed E-state index contributed by atoms with van der Waals surface area (Å²) in [7, 11) is 0. The Morgan fingerprint density at radius 3 is 2.06 bits per heavy atom. The summed E-state index contributed by atoms with van der Waals surface area (Å²) in [5.74, 6) is 0. The van der Waals surface area contributed by atoms with Gasteiger partial charge in [0.25, 0.3) is 0 Å². The fourth-order valence-electron chi connectivity index (χ4n) is 1.81. The smallest absolute Gasteiger partial charge is 0.0621 e. The molecule has 2 rings (SSSR count). The zero-order valence-electron chi connectivity index (χ0n) is 9.61. The molecule has 18 heavy (non-hydrogen) atoms. The first-order valence-corrected chi connectivity index (χ1v) is 6.87. The van der Waals surface area contributed by atoms with Crippen LogP contribution in [0.5, 0.6) is 0 Å². The van der Waals surface area contributed by atoms with Crippen molar-refractivity contribution in [3.8, 4) is 0 Å². The molecular weight excluding hydrogens is 310 g/mol. The van der Waals surface area contributed by atoms with Crippen LogP contribution in [0.1, 0.15) is 16.7 Å². The van der Waals surface area contributed by atoms with Gasteiger partial charge in [-0.15, -0.1) is 0 Å². The Hall–Kier alpha value is -0.400. The summed E-state index contributed by atoms with van der Waals surface area (Å²) in [6.45, 7) is 1.92. The third-order valence-electron chi connectivity index (χ3n) is 2.71. The predicted molar refractivity (Wildman–Crippen MR) is 80.5 cm³/mol. The molecule has 0 aliphatic heterocycles. The molecule has 0 spiro atoms. The van der Waals surface area contributed by atoms with Crippen LogP contribution in [0, 0.1) is 6.92 Å². The van der Waals surface area contributed by atoms with Crippen LogP contribution >= 0.6 is 46.4 Å². The van der Waals surface area contributed by atoms with E-state index in [1.165, 1.54) is 0 Å². The van der Waals surface area contributed by atoms with Crippen molar-refractivity contribution in [1.29, 1.82) is 0 Å². The van der Waals surface area contributed by atoms with Gasteiger partial charge in [0.2, 0.25) is 0 Å². The molecule has 2 aromatic rings. The molecule has 0 aliphatic carbocycles. The lowest BCUT2D eigenvalue weighted by molar-refractivity contribution is 1.18. The summed E-state index contributed by atoms with van der Waals surface area (Å²) in [6, 6.07) is 9.32. The maximum atomic E-state index is 6.15. The van der Waals surface area contributed by atoms with Crippen molar-refractivity contribution in [3.05, 3.63) is 67.1 Å². The van der Waals surface area contributed by atoms with Gasteiger partial charge in [-0.05, 0) is 41.8 Å². The molecule has 0 aromatic heterocycles. The molecule has 0 aliphatic rings. The van der Waals surface area contributed by atoms with Gasteiger partial charge in [-0.1, -0.05) is 58.5 Å². The van der Waals surface area contributed by atoms with Crippen LogP contribution in [0.4, 0.5) is 0 Å². The molecule has 4 heteroatoms. The largest absolute Gasteiger partial charge is 0.0840 e. The minimum Gasteiger partial charge on any atom is -0.0840 e. The number of halogens is 4. The lowest BCUT2D eigenvalue weighted by atomic mass is 10.0. The van der Waals surface area contributed by atoms with Crippen LogP contribution in [0.2, 0.25) is 20.1 Å². The number of rotatable bonds is 2. The summed E-state index contributed by atoms with van der Waals surface area (Å²) >= 11 is 24.4. The number of hydrogen-bond acceptors (Lipinski definition) is 0. The van der Waals surface area contributed by atoms with Crippen molar-refractivity contribution in [2.45, 2.75) is 13.3 Å². The summed E-state index contributed by atoms with van der Waals surface area (Å²) in [6.07, 6.45) is 0.635. The monoisotopic (exact) mass is 318 g/mol. The molecule has 0 amide bonds. The van der Waals surface area contributed by atoms with Gasteiger partial charge in [0, 0.05) is 16.5 Å². The number of hydrogen-bond donors (Lipinski definition) is 0. The SMILES string of the molecule is Cc1cc(Cc2c(Cl)cccc2Cl)cc(Cl)c1Cl. The minimum absolute atomic E-state index is 0.551. The average molecular weight is 320 g/mol. The van der Waals surface area contributed by atoms with Gasteiger partial charge in [0.15, 0.2) is 0 Å². The maximum Gasteiger partial charge on any atom is 0.0621 e. The summed E-state index contributed by atoms with van der Waals surface area (Å²) in [4.78, 5) is 0. The van der Waals surface area contributed by atoms with Crippen LogP contribution < -0.4 is 0 Å². The fraction of sp³-hybridized carbons (Fsp3) is 0.143. The first-order valence-electron chi connectivity index (χ1n) is 5.36. The average Bonchev–Trinajstić information content (AvgIpc) is 2.31. The Morgan fingerprint density at radius 1 is 0.889 bits per heavy atom. The fourth-order valence-corrected chi connectivity index (χ4v) is 2.73. The second kappa shape index (κ2) is 5.71. The molecule has 0 nitrogen and oxygen atoms in total. The van der Waals surface area contributed by atoms with E-state index in [0.717, 1.165) is 16.7 Å². The van der Waals surface area contributed by atoms with Gasteiger partial charge in [0.05, 0.1) is 10.0 Å². The first kappa shape index (κ1) is 14.0. The molecule has 0 fully saturated rings. The lowest BCUT2D eigenvalue weighted by Gasteiger charge is -2.09. The molecule has 0 bridgehead atoms. The number of aryl methyl sites for hydroxylation is 1. The van der Waals surface area contributed by atoms with Gasteiger partial charge in [-0.2, -0.15) is 0 Å². The molecule has 0 N–H and O–H groups in total. The maximum absolute atomic E-state index is 6.15. The highest BCUT2D eigenvalue weighted by Gasteiger charge is 2.09. The Balaban J connectivity index is 2.41. The quantitative estimate of drug-likeness (QED) is 0.618. The van der Waals surface area contributed by atoms with Crippen LogP contribution in [-0.4, -0.2) is 0 Å². The highest BCUT2D eigenvalue weighted by atomic mass is 35.5. The molecule has 0 atom stereocenters. The Labute approximate surface area is 126 Å². The normalized spacial score (nSPS) is 10.7. The van der Waals surface area contributed by atoms with Crippen molar-refractivity contribution < 1.29 is 0 Å². The molecule has 0 unspecified atom stereocenters. The van der Waals surface area contributed by atoms with Gasteiger partial charge >= 0.3 is 0 Å². The molecule has 2 aromatic carbocycles. The molecule has 0 heterocycles. The highest BCUT2D eigenvalue weighted by molar-refractivity contribution is 6.42. The minimum atomic E-state index is 0.551. The molecule has 0 radical (unpaired) electrons. The van der Waals surface area contributed by atoms with Crippen LogP contribution in [0.3, 0.4) is 0 Å². The summed E-state index contributed by atoms with van der Waals surface area (Å²) < 4.78 is 0. The first-order chi connectivity index (χ1) is 8.49. The van der Waals surface area contributed by atoms with E-state index in [2.05, 4.69) is 0 Å². The predicted octanol–water partition coefficient (Wildman–Crippen LogP) is 6.20. The third kappa shape index (κ3) is 2.95. The van der Waals surface area contributed by atoms with Gasteiger partial charge in [-0.25, -0.2) is 0 Å². The van der Waals surface area contributed by atoms with E-state index >= 15 is 0 Å². The van der Waals surface area contributed by atoms with E-state index in [0.29, 0.717) is 26.5 Å². The zero-order chi connectivity index (χ0) is 13.3. The van der Waals surface area contributed by atoms with Gasteiger partial charge in [0.1, 0.15) is 0 Å². The van der Waals surface area contributed by atoms with Crippen molar-refractivity contribution in [3.63, 3.8) is 0 Å². The van der Waals surface area contributed by atoms with E-state index in [-0.39, 0.29) is 0 Å². The summed E-state index contributed by atoms with van der Waals surface area (Å²) in [5, 5.41) is 2.46. The van der Waals surface area contributed by atoms with Gasteiger partial charge < -0.3 is 0 Å². The lowest BCUT2D eigenvalue weighted by Crippen LogP contribution is -1.92. The van der Waals surface area contributed by atoms with Crippen LogP contribution in [-0.2, 0) is 6.42 Å². The van der Waals surface area contributed by atoms with E-state index in [4.69, 9.17) is 46.4 Å². The highest BCUT2D eigenvalue weighted by Crippen LogP contribution is 2.31. The topological polar surface area (TPSA) is 0 Å².